The lowest BCUT2D eigenvalue weighted by Crippen LogP contribution is -2.23. The van der Waals surface area contributed by atoms with Crippen molar-refractivity contribution in [2.45, 2.75) is 57.8 Å². The van der Waals surface area contributed by atoms with Gasteiger partial charge in [0.05, 0.1) is 0 Å². The molecular formula is C63H55N. The maximum atomic E-state index is 3.94. The van der Waals surface area contributed by atoms with Crippen LogP contribution in [0.4, 0.5) is 11.4 Å². The summed E-state index contributed by atoms with van der Waals surface area (Å²) in [6.07, 6.45) is 24.3. The number of hydrogen-bond acceptors (Lipinski definition) is 1. The molecule has 0 saturated heterocycles. The Balaban J connectivity index is 1.03. The molecule has 3 aliphatic carbocycles. The number of benzene rings is 8. The average molecular weight is 826 g/mol. The van der Waals surface area contributed by atoms with E-state index < -0.39 is 0 Å². The Hall–Kier alpha value is -6.96. The molecule has 64 heavy (non-hydrogen) atoms. The van der Waals surface area contributed by atoms with E-state index in [-0.39, 0.29) is 0 Å². The first-order valence-corrected chi connectivity index (χ1v) is 23.6. The van der Waals surface area contributed by atoms with Crippen LogP contribution >= 0.6 is 0 Å². The van der Waals surface area contributed by atoms with Crippen molar-refractivity contribution < 1.29 is 0 Å². The van der Waals surface area contributed by atoms with Gasteiger partial charge in [-0.05, 0) is 195 Å². The molecule has 0 spiro atoms. The maximum absolute atomic E-state index is 3.94. The van der Waals surface area contributed by atoms with Crippen LogP contribution in [0.1, 0.15) is 56.9 Å². The third-order valence-corrected chi connectivity index (χ3v) is 14.3. The molecule has 0 amide bonds. The lowest BCUT2D eigenvalue weighted by Gasteiger charge is -2.35. The van der Waals surface area contributed by atoms with Crippen LogP contribution in [0.3, 0.4) is 0 Å². The van der Waals surface area contributed by atoms with E-state index in [1.807, 2.05) is 0 Å². The second-order valence-corrected chi connectivity index (χ2v) is 18.3. The molecule has 0 radical (unpaired) electrons. The van der Waals surface area contributed by atoms with Gasteiger partial charge in [0, 0.05) is 17.1 Å². The maximum Gasteiger partial charge on any atom is 0.0493 e. The second kappa shape index (κ2) is 17.7. The van der Waals surface area contributed by atoms with E-state index in [1.54, 1.807) is 0 Å². The molecule has 1 nitrogen and oxygen atoms in total. The van der Waals surface area contributed by atoms with Gasteiger partial charge in [-0.15, -0.1) is 6.58 Å². The predicted molar refractivity (Wildman–Crippen MR) is 275 cm³/mol. The Morgan fingerprint density at radius 2 is 1.22 bits per heavy atom. The fraction of sp³-hybridized carbons (Fsp3) is 0.175. The van der Waals surface area contributed by atoms with E-state index in [4.69, 9.17) is 0 Å². The molecular weight excluding hydrogens is 771 g/mol. The van der Waals surface area contributed by atoms with Gasteiger partial charge in [0.25, 0.3) is 0 Å². The molecule has 0 heterocycles. The Bertz CT molecular complexity index is 3150. The third-order valence-electron chi connectivity index (χ3n) is 14.3. The van der Waals surface area contributed by atoms with Crippen molar-refractivity contribution in [3.63, 3.8) is 0 Å². The summed E-state index contributed by atoms with van der Waals surface area (Å²) in [5.41, 5.74) is 15.3. The molecule has 3 aliphatic rings. The fourth-order valence-electron chi connectivity index (χ4n) is 10.8. The van der Waals surface area contributed by atoms with Crippen LogP contribution in [0, 0.1) is 11.8 Å². The molecule has 11 rings (SSSR count). The fourth-order valence-corrected chi connectivity index (χ4v) is 10.8. The van der Waals surface area contributed by atoms with Crippen molar-refractivity contribution >= 4 is 43.7 Å². The van der Waals surface area contributed by atoms with Crippen molar-refractivity contribution in [2.75, 3.05) is 4.90 Å². The summed E-state index contributed by atoms with van der Waals surface area (Å²) in [5, 5.41) is 7.58. The van der Waals surface area contributed by atoms with Crippen molar-refractivity contribution in [3.8, 4) is 33.4 Å². The second-order valence-electron chi connectivity index (χ2n) is 18.3. The number of rotatable bonds is 12. The summed E-state index contributed by atoms with van der Waals surface area (Å²) in [7, 11) is 0. The average Bonchev–Trinajstić information content (AvgIpc) is 3.35. The Labute approximate surface area is 379 Å². The molecule has 1 heteroatoms. The number of fused-ring (bicyclic) bond motifs is 4. The number of aryl methyl sites for hydroxylation is 1. The zero-order chi connectivity index (χ0) is 42.8. The molecule has 0 aromatic heterocycles. The first-order chi connectivity index (χ1) is 31.7. The van der Waals surface area contributed by atoms with E-state index >= 15 is 0 Å². The van der Waals surface area contributed by atoms with Crippen molar-refractivity contribution in [1.82, 2.24) is 0 Å². The minimum absolute atomic E-state index is 0.865. The zero-order valence-electron chi connectivity index (χ0n) is 36.7. The number of anilines is 2. The van der Waals surface area contributed by atoms with E-state index in [0.717, 1.165) is 55.3 Å². The summed E-state index contributed by atoms with van der Waals surface area (Å²) in [6, 6.07) is 61.7. The highest BCUT2D eigenvalue weighted by molar-refractivity contribution is 6.15. The summed E-state index contributed by atoms with van der Waals surface area (Å²) >= 11 is 0. The van der Waals surface area contributed by atoms with Crippen LogP contribution in [0.15, 0.2) is 224 Å². The molecule has 0 unspecified atom stereocenters. The highest BCUT2D eigenvalue weighted by Gasteiger charge is 2.27. The quantitative estimate of drug-likeness (QED) is 0.0876. The SMILES string of the molecule is C=CCC1CC(CCc2ccc(-c3ccc(N(C4=C(C5=CC=CCC5)CCC=C4)c4ccc(-c5cc6ccccc6c6ccccc56)c(-c5ccc6ccccc6c5)c4)cc3)cc2)C1. The van der Waals surface area contributed by atoms with Gasteiger partial charge in [-0.3, -0.25) is 0 Å². The van der Waals surface area contributed by atoms with Crippen molar-refractivity contribution in [3.05, 3.63) is 229 Å². The van der Waals surface area contributed by atoms with E-state index in [0.29, 0.717) is 0 Å². The molecule has 1 fully saturated rings. The molecule has 312 valence electrons. The third kappa shape index (κ3) is 7.86. The van der Waals surface area contributed by atoms with E-state index in [2.05, 4.69) is 212 Å². The first kappa shape index (κ1) is 39.9. The number of hydrogen-bond donors (Lipinski definition) is 0. The standard InChI is InChI=1S/C63H55N/c1-2-14-45-39-46(40-45)26-25-44-27-29-48(30-28-44)49-33-35-54(36-34-49)64(63-24-13-12-21-57(63)50-16-4-3-5-17-50)55-37-38-60(61(43-55)53-32-31-47-15-6-7-18-51(47)41-53)62-42-52-19-8-9-20-56(52)58-22-10-11-23-59(58)62/h2-4,6-11,13,15-16,18-20,22-24,27-38,41-43,45-46H,1,5,12,14,17,21,25-26,39-40H2. The summed E-state index contributed by atoms with van der Waals surface area (Å²) in [6.45, 7) is 3.94. The Morgan fingerprint density at radius 3 is 2.00 bits per heavy atom. The zero-order valence-corrected chi connectivity index (χ0v) is 36.7. The first-order valence-electron chi connectivity index (χ1n) is 23.6. The van der Waals surface area contributed by atoms with Crippen molar-refractivity contribution in [2.24, 2.45) is 11.8 Å². The normalized spacial score (nSPS) is 17.2. The topological polar surface area (TPSA) is 3.24 Å². The summed E-state index contributed by atoms with van der Waals surface area (Å²) < 4.78 is 0. The summed E-state index contributed by atoms with van der Waals surface area (Å²) in [5.74, 6) is 1.74. The molecule has 0 aliphatic heterocycles. The molecule has 0 atom stereocenters. The van der Waals surface area contributed by atoms with Crippen LogP contribution in [0.5, 0.6) is 0 Å². The van der Waals surface area contributed by atoms with Gasteiger partial charge >= 0.3 is 0 Å². The van der Waals surface area contributed by atoms with Crippen molar-refractivity contribution in [1.29, 1.82) is 0 Å². The minimum atomic E-state index is 0.865. The Kier molecular flexibility index (Phi) is 11.0. The lowest BCUT2D eigenvalue weighted by molar-refractivity contribution is 0.184. The predicted octanol–water partition coefficient (Wildman–Crippen LogP) is 17.7. The molecule has 8 aromatic carbocycles. The number of allylic oxidation sites excluding steroid dienone is 8. The highest BCUT2D eigenvalue weighted by Crippen LogP contribution is 2.45. The van der Waals surface area contributed by atoms with Crippen LogP contribution in [0.2, 0.25) is 0 Å². The highest BCUT2D eigenvalue weighted by atomic mass is 15.1. The van der Waals surface area contributed by atoms with Crippen LogP contribution in [-0.4, -0.2) is 0 Å². The largest absolute Gasteiger partial charge is 0.310 e. The monoisotopic (exact) mass is 825 g/mol. The van der Waals surface area contributed by atoms with Gasteiger partial charge in [-0.2, -0.15) is 0 Å². The minimum Gasteiger partial charge on any atom is -0.310 e. The van der Waals surface area contributed by atoms with Gasteiger partial charge in [-0.1, -0.05) is 158 Å². The van der Waals surface area contributed by atoms with Crippen LogP contribution in [-0.2, 0) is 6.42 Å². The van der Waals surface area contributed by atoms with E-state index in [1.165, 1.54) is 114 Å². The van der Waals surface area contributed by atoms with Gasteiger partial charge in [0.1, 0.15) is 0 Å². The smallest absolute Gasteiger partial charge is 0.0493 e. The van der Waals surface area contributed by atoms with Gasteiger partial charge in [-0.25, -0.2) is 0 Å². The van der Waals surface area contributed by atoms with Gasteiger partial charge in [0.15, 0.2) is 0 Å². The van der Waals surface area contributed by atoms with Crippen LogP contribution in [0.25, 0.3) is 65.7 Å². The molecule has 0 N–H and O–H groups in total. The molecule has 8 aromatic rings. The molecule has 0 bridgehead atoms. The van der Waals surface area contributed by atoms with Gasteiger partial charge < -0.3 is 4.90 Å². The lowest BCUT2D eigenvalue weighted by atomic mass is 9.71. The number of nitrogens with zero attached hydrogens (tertiary/aromatic N) is 1. The summed E-state index contributed by atoms with van der Waals surface area (Å²) in [4.78, 5) is 2.53. The van der Waals surface area contributed by atoms with Gasteiger partial charge in [0.2, 0.25) is 0 Å². The van der Waals surface area contributed by atoms with E-state index in [9.17, 15) is 0 Å². The van der Waals surface area contributed by atoms with Crippen LogP contribution < -0.4 is 4.90 Å². The molecule has 1 saturated carbocycles. The Morgan fingerprint density at radius 1 is 0.531 bits per heavy atom.